The third kappa shape index (κ3) is 8.93. The average molecular weight is 469 g/mol. The van der Waals surface area contributed by atoms with Gasteiger partial charge in [-0.2, -0.15) is 5.10 Å². The predicted octanol–water partition coefficient (Wildman–Crippen LogP) is 2.94. The van der Waals surface area contributed by atoms with Crippen LogP contribution >= 0.6 is 0 Å². The van der Waals surface area contributed by atoms with Crippen LogP contribution in [0.4, 0.5) is 5.69 Å². The van der Waals surface area contributed by atoms with E-state index in [2.05, 4.69) is 21.2 Å². The molecular formula is C25H32N4O5. The van der Waals surface area contributed by atoms with Crippen molar-refractivity contribution in [2.24, 2.45) is 11.0 Å². The zero-order valence-electron chi connectivity index (χ0n) is 20.2. The Labute approximate surface area is 199 Å². The highest BCUT2D eigenvalue weighted by Gasteiger charge is 2.13. The molecule has 182 valence electrons. The SMILES string of the molecule is CCOc1cc(/C=N\NC(=O)C(=O)NCC(C)C)ccc1OCC(=O)Nc1cc(C)cc(C)c1. The lowest BCUT2D eigenvalue weighted by molar-refractivity contribution is -0.139. The van der Waals surface area contributed by atoms with Crippen LogP contribution in [0.15, 0.2) is 41.5 Å². The van der Waals surface area contributed by atoms with Crippen molar-refractivity contribution >= 4 is 29.6 Å². The first-order valence-electron chi connectivity index (χ1n) is 11.1. The summed E-state index contributed by atoms with van der Waals surface area (Å²) in [5.74, 6) is -0.842. The number of nitrogens with zero attached hydrogens (tertiary/aromatic N) is 1. The Balaban J connectivity index is 1.96. The van der Waals surface area contributed by atoms with E-state index < -0.39 is 11.8 Å². The van der Waals surface area contributed by atoms with E-state index in [-0.39, 0.29) is 18.4 Å². The monoisotopic (exact) mass is 468 g/mol. The van der Waals surface area contributed by atoms with Gasteiger partial charge in [-0.05, 0) is 73.7 Å². The summed E-state index contributed by atoms with van der Waals surface area (Å²) in [5, 5.41) is 9.14. The fraction of sp³-hybridized carbons (Fsp3) is 0.360. The minimum Gasteiger partial charge on any atom is -0.490 e. The number of amides is 3. The first-order chi connectivity index (χ1) is 16.2. The smallest absolute Gasteiger partial charge is 0.329 e. The number of ether oxygens (including phenoxy) is 2. The molecule has 0 heterocycles. The Morgan fingerprint density at radius 1 is 0.971 bits per heavy atom. The van der Waals surface area contributed by atoms with Crippen LogP contribution in [0.5, 0.6) is 11.5 Å². The average Bonchev–Trinajstić information content (AvgIpc) is 2.76. The van der Waals surface area contributed by atoms with Crippen LogP contribution in [-0.4, -0.2) is 43.7 Å². The topological polar surface area (TPSA) is 118 Å². The lowest BCUT2D eigenvalue weighted by atomic mass is 10.1. The zero-order chi connectivity index (χ0) is 25.1. The molecule has 2 rings (SSSR count). The molecule has 0 aliphatic carbocycles. The number of nitrogens with one attached hydrogen (secondary N) is 3. The van der Waals surface area contributed by atoms with Crippen molar-refractivity contribution in [2.75, 3.05) is 25.1 Å². The number of benzene rings is 2. The normalized spacial score (nSPS) is 10.8. The molecular weight excluding hydrogens is 436 g/mol. The molecule has 0 atom stereocenters. The number of carbonyl (C=O) groups excluding carboxylic acids is 3. The molecule has 9 nitrogen and oxygen atoms in total. The Morgan fingerprint density at radius 2 is 1.68 bits per heavy atom. The Bertz CT molecular complexity index is 1030. The molecule has 2 aromatic carbocycles. The summed E-state index contributed by atoms with van der Waals surface area (Å²) in [4.78, 5) is 35.8. The fourth-order valence-electron chi connectivity index (χ4n) is 2.97. The lowest BCUT2D eigenvalue weighted by Crippen LogP contribution is -2.39. The van der Waals surface area contributed by atoms with E-state index in [1.807, 2.05) is 52.8 Å². The molecule has 0 bridgehead atoms. The molecule has 2 aromatic rings. The van der Waals surface area contributed by atoms with Crippen molar-refractivity contribution in [3.8, 4) is 11.5 Å². The van der Waals surface area contributed by atoms with Crippen molar-refractivity contribution in [3.05, 3.63) is 53.1 Å². The second-order valence-electron chi connectivity index (χ2n) is 8.16. The van der Waals surface area contributed by atoms with Crippen LogP contribution in [0.2, 0.25) is 0 Å². The van der Waals surface area contributed by atoms with E-state index >= 15 is 0 Å². The molecule has 0 radical (unpaired) electrons. The maximum Gasteiger partial charge on any atom is 0.329 e. The van der Waals surface area contributed by atoms with Crippen LogP contribution in [0.25, 0.3) is 0 Å². The van der Waals surface area contributed by atoms with Gasteiger partial charge in [-0.25, -0.2) is 5.43 Å². The van der Waals surface area contributed by atoms with Crippen molar-refractivity contribution < 1.29 is 23.9 Å². The molecule has 0 saturated carbocycles. The minimum atomic E-state index is -0.850. The first-order valence-corrected chi connectivity index (χ1v) is 11.1. The quantitative estimate of drug-likeness (QED) is 0.282. The Morgan fingerprint density at radius 3 is 2.32 bits per heavy atom. The fourth-order valence-corrected chi connectivity index (χ4v) is 2.97. The van der Waals surface area contributed by atoms with Crippen molar-refractivity contribution in [2.45, 2.75) is 34.6 Å². The van der Waals surface area contributed by atoms with E-state index in [9.17, 15) is 14.4 Å². The van der Waals surface area contributed by atoms with Crippen LogP contribution in [0.1, 0.15) is 37.5 Å². The molecule has 0 spiro atoms. The van der Waals surface area contributed by atoms with Gasteiger partial charge in [0.2, 0.25) is 0 Å². The number of hydrogen-bond acceptors (Lipinski definition) is 6. The highest BCUT2D eigenvalue weighted by Crippen LogP contribution is 2.28. The Hall–Kier alpha value is -3.88. The van der Waals surface area contributed by atoms with Gasteiger partial charge in [-0.3, -0.25) is 14.4 Å². The molecule has 9 heteroatoms. The second kappa shape index (κ2) is 13.0. The Kier molecular flexibility index (Phi) is 10.1. The summed E-state index contributed by atoms with van der Waals surface area (Å²) < 4.78 is 11.3. The maximum atomic E-state index is 12.3. The molecule has 0 aromatic heterocycles. The van der Waals surface area contributed by atoms with Gasteiger partial charge >= 0.3 is 11.8 Å². The minimum absolute atomic E-state index is 0.192. The van der Waals surface area contributed by atoms with E-state index in [0.717, 1.165) is 11.1 Å². The van der Waals surface area contributed by atoms with Gasteiger partial charge in [0.1, 0.15) is 0 Å². The van der Waals surface area contributed by atoms with E-state index in [1.54, 1.807) is 18.2 Å². The van der Waals surface area contributed by atoms with Gasteiger partial charge in [0.25, 0.3) is 5.91 Å². The number of rotatable bonds is 10. The second-order valence-corrected chi connectivity index (χ2v) is 8.16. The summed E-state index contributed by atoms with van der Waals surface area (Å²) in [6.45, 7) is 10.2. The standard InChI is InChI=1S/C25H32N4O5/c1-6-33-22-12-19(14-27-29-25(32)24(31)26-13-16(2)3)7-8-21(22)34-15-23(30)28-20-10-17(4)9-18(5)11-20/h7-12,14,16H,6,13,15H2,1-5H3,(H,26,31)(H,28,30)(H,29,32)/b27-14-. The van der Waals surface area contributed by atoms with E-state index in [4.69, 9.17) is 9.47 Å². The predicted molar refractivity (Wildman–Crippen MR) is 131 cm³/mol. The van der Waals surface area contributed by atoms with Gasteiger partial charge in [0.15, 0.2) is 18.1 Å². The summed E-state index contributed by atoms with van der Waals surface area (Å²) in [6, 6.07) is 10.8. The third-order valence-electron chi connectivity index (χ3n) is 4.39. The first kappa shape index (κ1) is 26.4. The van der Waals surface area contributed by atoms with Crippen molar-refractivity contribution in [3.63, 3.8) is 0 Å². The molecule has 0 unspecified atom stereocenters. The van der Waals surface area contributed by atoms with Gasteiger partial charge in [-0.15, -0.1) is 0 Å². The van der Waals surface area contributed by atoms with Crippen LogP contribution in [-0.2, 0) is 14.4 Å². The van der Waals surface area contributed by atoms with Gasteiger partial charge in [-0.1, -0.05) is 19.9 Å². The van der Waals surface area contributed by atoms with Crippen molar-refractivity contribution in [1.29, 1.82) is 0 Å². The van der Waals surface area contributed by atoms with Gasteiger partial charge < -0.3 is 20.1 Å². The van der Waals surface area contributed by atoms with Crippen LogP contribution in [0, 0.1) is 19.8 Å². The highest BCUT2D eigenvalue weighted by molar-refractivity contribution is 6.35. The molecule has 3 N–H and O–H groups in total. The number of hydrogen-bond donors (Lipinski definition) is 3. The third-order valence-corrected chi connectivity index (χ3v) is 4.39. The van der Waals surface area contributed by atoms with Crippen molar-refractivity contribution in [1.82, 2.24) is 10.7 Å². The lowest BCUT2D eigenvalue weighted by Gasteiger charge is -2.13. The van der Waals surface area contributed by atoms with E-state index in [0.29, 0.717) is 35.9 Å². The number of aryl methyl sites for hydroxylation is 2. The summed E-state index contributed by atoms with van der Waals surface area (Å²) >= 11 is 0. The molecule has 0 fully saturated rings. The summed E-state index contributed by atoms with van der Waals surface area (Å²) in [5.41, 5.74) is 5.62. The summed E-state index contributed by atoms with van der Waals surface area (Å²) in [7, 11) is 0. The van der Waals surface area contributed by atoms with Gasteiger partial charge in [0.05, 0.1) is 12.8 Å². The molecule has 34 heavy (non-hydrogen) atoms. The number of carbonyl (C=O) groups is 3. The summed E-state index contributed by atoms with van der Waals surface area (Å²) in [6.07, 6.45) is 1.38. The molecule has 0 aliphatic rings. The maximum absolute atomic E-state index is 12.3. The van der Waals surface area contributed by atoms with E-state index in [1.165, 1.54) is 6.21 Å². The van der Waals surface area contributed by atoms with Gasteiger partial charge in [0, 0.05) is 12.2 Å². The molecule has 0 aliphatic heterocycles. The number of anilines is 1. The molecule has 3 amide bonds. The van der Waals surface area contributed by atoms with Crippen LogP contribution in [0.3, 0.4) is 0 Å². The zero-order valence-corrected chi connectivity index (χ0v) is 20.2. The molecule has 0 saturated heterocycles. The highest BCUT2D eigenvalue weighted by atomic mass is 16.5. The van der Waals surface area contributed by atoms with Crippen LogP contribution < -0.4 is 25.5 Å². The number of hydrazone groups is 1. The largest absolute Gasteiger partial charge is 0.490 e.